The van der Waals surface area contributed by atoms with E-state index >= 15 is 0 Å². The number of benzene rings is 2. The van der Waals surface area contributed by atoms with Crippen LogP contribution in [0.25, 0.3) is 0 Å². The fraction of sp³-hybridized carbons (Fsp3) is 0.235. The Labute approximate surface area is 124 Å². The molecule has 1 atom stereocenters. The average Bonchev–Trinajstić information content (AvgIpc) is 2.54. The number of amides is 1. The SMILES string of the molecule is COc1cccc(C(=O)N[C@H](C)c2ccccc2)c1OC. The Bertz CT molecular complexity index is 611. The van der Waals surface area contributed by atoms with E-state index in [1.54, 1.807) is 25.3 Å². The minimum atomic E-state index is -0.192. The van der Waals surface area contributed by atoms with Crippen LogP contribution in [0, 0.1) is 0 Å². The zero-order chi connectivity index (χ0) is 15.2. The number of ether oxygens (including phenoxy) is 2. The van der Waals surface area contributed by atoms with Gasteiger partial charge in [-0.3, -0.25) is 4.79 Å². The monoisotopic (exact) mass is 285 g/mol. The Kier molecular flexibility index (Phi) is 4.82. The molecular formula is C17H19NO3. The second-order valence-electron chi connectivity index (χ2n) is 4.65. The third kappa shape index (κ3) is 3.34. The minimum absolute atomic E-state index is 0.0883. The van der Waals surface area contributed by atoms with E-state index in [0.29, 0.717) is 17.1 Å². The highest BCUT2D eigenvalue weighted by atomic mass is 16.5. The first-order valence-corrected chi connectivity index (χ1v) is 6.74. The van der Waals surface area contributed by atoms with Gasteiger partial charge in [0.05, 0.1) is 25.8 Å². The molecular weight excluding hydrogens is 266 g/mol. The summed E-state index contributed by atoms with van der Waals surface area (Å²) in [5, 5.41) is 2.96. The molecule has 1 amide bonds. The number of hydrogen-bond acceptors (Lipinski definition) is 3. The Hall–Kier alpha value is -2.49. The van der Waals surface area contributed by atoms with Crippen LogP contribution in [0.15, 0.2) is 48.5 Å². The number of nitrogens with one attached hydrogen (secondary N) is 1. The highest BCUT2D eigenvalue weighted by molar-refractivity contribution is 5.98. The third-order valence-corrected chi connectivity index (χ3v) is 3.29. The summed E-state index contributed by atoms with van der Waals surface area (Å²) in [6.07, 6.45) is 0. The molecule has 0 aliphatic rings. The van der Waals surface area contributed by atoms with Gasteiger partial charge in [-0.15, -0.1) is 0 Å². The molecule has 2 aromatic rings. The van der Waals surface area contributed by atoms with Crippen LogP contribution in [-0.4, -0.2) is 20.1 Å². The Morgan fingerprint density at radius 2 is 1.71 bits per heavy atom. The largest absolute Gasteiger partial charge is 0.493 e. The van der Waals surface area contributed by atoms with E-state index in [2.05, 4.69) is 5.32 Å². The zero-order valence-electron chi connectivity index (χ0n) is 12.4. The molecule has 0 fully saturated rings. The van der Waals surface area contributed by atoms with Gasteiger partial charge >= 0.3 is 0 Å². The number of para-hydroxylation sites is 1. The second kappa shape index (κ2) is 6.79. The molecule has 4 heteroatoms. The fourth-order valence-electron chi connectivity index (χ4n) is 2.17. The van der Waals surface area contributed by atoms with Crippen molar-refractivity contribution in [2.24, 2.45) is 0 Å². The van der Waals surface area contributed by atoms with Gasteiger partial charge in [0.15, 0.2) is 11.5 Å². The van der Waals surface area contributed by atoms with Crippen LogP contribution in [0.5, 0.6) is 11.5 Å². The Morgan fingerprint density at radius 3 is 2.33 bits per heavy atom. The van der Waals surface area contributed by atoms with Crippen LogP contribution in [0.3, 0.4) is 0 Å². The molecule has 110 valence electrons. The third-order valence-electron chi connectivity index (χ3n) is 3.29. The number of rotatable bonds is 5. The maximum atomic E-state index is 12.4. The maximum Gasteiger partial charge on any atom is 0.255 e. The molecule has 0 bridgehead atoms. The molecule has 1 N–H and O–H groups in total. The molecule has 0 aliphatic carbocycles. The van der Waals surface area contributed by atoms with Crippen LogP contribution in [0.2, 0.25) is 0 Å². The number of carbonyl (C=O) groups is 1. The van der Waals surface area contributed by atoms with Crippen LogP contribution >= 0.6 is 0 Å². The summed E-state index contributed by atoms with van der Waals surface area (Å²) in [6.45, 7) is 1.94. The van der Waals surface area contributed by atoms with Crippen molar-refractivity contribution >= 4 is 5.91 Å². The smallest absolute Gasteiger partial charge is 0.255 e. The van der Waals surface area contributed by atoms with Crippen molar-refractivity contribution < 1.29 is 14.3 Å². The van der Waals surface area contributed by atoms with Crippen LogP contribution < -0.4 is 14.8 Å². The Balaban J connectivity index is 2.21. The summed E-state index contributed by atoms with van der Waals surface area (Å²) in [7, 11) is 3.07. The summed E-state index contributed by atoms with van der Waals surface area (Å²) in [4.78, 5) is 12.4. The van der Waals surface area contributed by atoms with Crippen molar-refractivity contribution in [3.8, 4) is 11.5 Å². The van der Waals surface area contributed by atoms with Crippen molar-refractivity contribution in [2.45, 2.75) is 13.0 Å². The van der Waals surface area contributed by atoms with Crippen LogP contribution in [0.4, 0.5) is 0 Å². The lowest BCUT2D eigenvalue weighted by molar-refractivity contribution is 0.0936. The zero-order valence-corrected chi connectivity index (χ0v) is 12.4. The fourth-order valence-corrected chi connectivity index (χ4v) is 2.17. The average molecular weight is 285 g/mol. The molecule has 0 heterocycles. The van der Waals surface area contributed by atoms with E-state index < -0.39 is 0 Å². The molecule has 2 aromatic carbocycles. The molecule has 0 spiro atoms. The van der Waals surface area contributed by atoms with E-state index in [9.17, 15) is 4.79 Å². The van der Waals surface area contributed by atoms with Gasteiger partial charge in [-0.25, -0.2) is 0 Å². The normalized spacial score (nSPS) is 11.6. The predicted molar refractivity (Wildman–Crippen MR) is 81.9 cm³/mol. The summed E-state index contributed by atoms with van der Waals surface area (Å²) >= 11 is 0. The van der Waals surface area contributed by atoms with E-state index in [-0.39, 0.29) is 11.9 Å². The summed E-state index contributed by atoms with van der Waals surface area (Å²) in [5.74, 6) is 0.789. The number of hydrogen-bond donors (Lipinski definition) is 1. The van der Waals surface area contributed by atoms with Crippen LogP contribution in [-0.2, 0) is 0 Å². The molecule has 21 heavy (non-hydrogen) atoms. The predicted octanol–water partition coefficient (Wildman–Crippen LogP) is 3.19. The first kappa shape index (κ1) is 14.9. The molecule has 4 nitrogen and oxygen atoms in total. The molecule has 2 rings (SSSR count). The molecule has 0 aliphatic heterocycles. The first-order valence-electron chi connectivity index (χ1n) is 6.74. The van der Waals surface area contributed by atoms with Gasteiger partial charge < -0.3 is 14.8 Å². The van der Waals surface area contributed by atoms with E-state index in [1.807, 2.05) is 37.3 Å². The van der Waals surface area contributed by atoms with Gasteiger partial charge in [-0.05, 0) is 24.6 Å². The van der Waals surface area contributed by atoms with Gasteiger partial charge in [0.25, 0.3) is 5.91 Å². The molecule has 0 aromatic heterocycles. The van der Waals surface area contributed by atoms with Crippen molar-refractivity contribution in [1.82, 2.24) is 5.32 Å². The maximum absolute atomic E-state index is 12.4. The lowest BCUT2D eigenvalue weighted by atomic mass is 10.1. The lowest BCUT2D eigenvalue weighted by Gasteiger charge is -2.16. The summed E-state index contributed by atoms with van der Waals surface area (Å²) < 4.78 is 10.5. The van der Waals surface area contributed by atoms with Gasteiger partial charge in [0.1, 0.15) is 0 Å². The molecule has 0 unspecified atom stereocenters. The van der Waals surface area contributed by atoms with Gasteiger partial charge in [0.2, 0.25) is 0 Å². The quantitative estimate of drug-likeness (QED) is 0.917. The molecule has 0 saturated heterocycles. The van der Waals surface area contributed by atoms with Crippen molar-refractivity contribution in [3.63, 3.8) is 0 Å². The van der Waals surface area contributed by atoms with E-state index in [4.69, 9.17) is 9.47 Å². The summed E-state index contributed by atoms with van der Waals surface area (Å²) in [6, 6.07) is 15.0. The minimum Gasteiger partial charge on any atom is -0.493 e. The van der Waals surface area contributed by atoms with Crippen molar-refractivity contribution in [2.75, 3.05) is 14.2 Å². The van der Waals surface area contributed by atoms with Gasteiger partial charge in [-0.1, -0.05) is 36.4 Å². The standard InChI is InChI=1S/C17H19NO3/c1-12(13-8-5-4-6-9-13)18-17(19)14-10-7-11-15(20-2)16(14)21-3/h4-12H,1-3H3,(H,18,19)/t12-/m1/s1. The van der Waals surface area contributed by atoms with Gasteiger partial charge in [-0.2, -0.15) is 0 Å². The lowest BCUT2D eigenvalue weighted by Crippen LogP contribution is -2.27. The first-order chi connectivity index (χ1) is 10.2. The number of methoxy groups -OCH3 is 2. The van der Waals surface area contributed by atoms with E-state index in [1.165, 1.54) is 7.11 Å². The number of carbonyl (C=O) groups excluding carboxylic acids is 1. The van der Waals surface area contributed by atoms with Crippen molar-refractivity contribution in [3.05, 3.63) is 59.7 Å². The second-order valence-corrected chi connectivity index (χ2v) is 4.65. The Morgan fingerprint density at radius 1 is 1.00 bits per heavy atom. The molecule has 0 saturated carbocycles. The summed E-state index contributed by atoms with van der Waals surface area (Å²) in [5.41, 5.74) is 1.51. The van der Waals surface area contributed by atoms with Crippen molar-refractivity contribution in [1.29, 1.82) is 0 Å². The van der Waals surface area contributed by atoms with Crippen LogP contribution in [0.1, 0.15) is 28.9 Å². The highest BCUT2D eigenvalue weighted by Crippen LogP contribution is 2.30. The van der Waals surface area contributed by atoms with E-state index in [0.717, 1.165) is 5.56 Å². The highest BCUT2D eigenvalue weighted by Gasteiger charge is 2.18. The topological polar surface area (TPSA) is 47.6 Å². The molecule has 0 radical (unpaired) electrons. The van der Waals surface area contributed by atoms with Gasteiger partial charge in [0, 0.05) is 0 Å².